The second kappa shape index (κ2) is 2.05. The van der Waals surface area contributed by atoms with E-state index in [-0.39, 0.29) is 0 Å². The van der Waals surface area contributed by atoms with Crippen LogP contribution in [0.3, 0.4) is 0 Å². The molecule has 0 spiro atoms. The Hall–Kier alpha value is 0.310. The van der Waals surface area contributed by atoms with Crippen LogP contribution in [0.5, 0.6) is 0 Å². The van der Waals surface area contributed by atoms with Crippen molar-refractivity contribution in [1.82, 2.24) is 0 Å². The lowest BCUT2D eigenvalue weighted by molar-refractivity contribution is 0.0887. The average Bonchev–Trinajstić information content (AvgIpc) is 1.87. The minimum atomic E-state index is 0.440. The smallest absolute Gasteiger partial charge is 0.100 e. The fourth-order valence-corrected chi connectivity index (χ4v) is 1.57. The Morgan fingerprint density at radius 1 is 1.57 bits per heavy atom. The van der Waals surface area contributed by atoms with E-state index < -0.39 is 0 Å². The standard InChI is InChI=1S/C5H10OS/c1-4-3-7-5(2)6-4/h4-5H,3H2,1-2H3/t4-,5?/m0/s1. The number of rotatable bonds is 0. The molecule has 1 heterocycles. The lowest BCUT2D eigenvalue weighted by Gasteiger charge is -1.99. The molecular formula is C5H10OS. The van der Waals surface area contributed by atoms with Gasteiger partial charge in [-0.3, -0.25) is 0 Å². The number of hydrogen-bond donors (Lipinski definition) is 0. The van der Waals surface area contributed by atoms with Crippen molar-refractivity contribution in [2.24, 2.45) is 0 Å². The largest absolute Gasteiger partial charge is 0.364 e. The third-order valence-electron chi connectivity index (χ3n) is 0.990. The van der Waals surface area contributed by atoms with Gasteiger partial charge in [0.25, 0.3) is 0 Å². The highest BCUT2D eigenvalue weighted by Gasteiger charge is 2.16. The SMILES string of the molecule is CC1O[C@@H](C)CS1. The van der Waals surface area contributed by atoms with Crippen molar-refractivity contribution >= 4 is 11.8 Å². The first kappa shape index (κ1) is 5.45. The van der Waals surface area contributed by atoms with Crippen molar-refractivity contribution in [1.29, 1.82) is 0 Å². The summed E-state index contributed by atoms with van der Waals surface area (Å²) in [6.45, 7) is 4.20. The van der Waals surface area contributed by atoms with Gasteiger partial charge in [0, 0.05) is 5.75 Å². The minimum Gasteiger partial charge on any atom is -0.364 e. The molecule has 42 valence electrons. The van der Waals surface area contributed by atoms with E-state index in [2.05, 4.69) is 13.8 Å². The zero-order valence-corrected chi connectivity index (χ0v) is 5.49. The number of thioether (sulfide) groups is 1. The van der Waals surface area contributed by atoms with E-state index in [9.17, 15) is 0 Å². The van der Waals surface area contributed by atoms with Gasteiger partial charge in [0.05, 0.1) is 6.10 Å². The molecule has 1 aliphatic heterocycles. The van der Waals surface area contributed by atoms with Crippen LogP contribution in [0.15, 0.2) is 0 Å². The Morgan fingerprint density at radius 2 is 2.29 bits per heavy atom. The van der Waals surface area contributed by atoms with Crippen LogP contribution in [-0.4, -0.2) is 17.3 Å². The summed E-state index contributed by atoms with van der Waals surface area (Å²) in [6, 6.07) is 0. The van der Waals surface area contributed by atoms with Gasteiger partial charge in [-0.25, -0.2) is 0 Å². The molecule has 2 heteroatoms. The number of ether oxygens (including phenoxy) is 1. The van der Waals surface area contributed by atoms with Crippen molar-refractivity contribution in [2.45, 2.75) is 25.4 Å². The zero-order valence-electron chi connectivity index (χ0n) is 4.68. The minimum absolute atomic E-state index is 0.440. The molecule has 0 aromatic carbocycles. The Bertz CT molecular complexity index is 57.1. The monoisotopic (exact) mass is 118 g/mol. The van der Waals surface area contributed by atoms with E-state index >= 15 is 0 Å². The molecule has 1 nitrogen and oxygen atoms in total. The normalized spacial score (nSPS) is 42.0. The van der Waals surface area contributed by atoms with Crippen LogP contribution in [0.4, 0.5) is 0 Å². The van der Waals surface area contributed by atoms with Crippen LogP contribution in [0.1, 0.15) is 13.8 Å². The van der Waals surface area contributed by atoms with Gasteiger partial charge in [-0.2, -0.15) is 0 Å². The van der Waals surface area contributed by atoms with Gasteiger partial charge in [-0.15, -0.1) is 11.8 Å². The van der Waals surface area contributed by atoms with E-state index in [1.54, 1.807) is 0 Å². The molecule has 2 atom stereocenters. The lowest BCUT2D eigenvalue weighted by Crippen LogP contribution is -2.03. The Morgan fingerprint density at radius 3 is 2.43 bits per heavy atom. The summed E-state index contributed by atoms with van der Waals surface area (Å²) in [6.07, 6.45) is 0.486. The Labute approximate surface area is 48.4 Å². The number of hydrogen-bond acceptors (Lipinski definition) is 2. The van der Waals surface area contributed by atoms with Crippen molar-refractivity contribution in [3.63, 3.8) is 0 Å². The highest BCUT2D eigenvalue weighted by Crippen LogP contribution is 2.23. The van der Waals surface area contributed by atoms with Crippen molar-refractivity contribution in [2.75, 3.05) is 5.75 Å². The quantitative estimate of drug-likeness (QED) is 0.476. The fourth-order valence-electron chi connectivity index (χ4n) is 0.677. The van der Waals surface area contributed by atoms with Gasteiger partial charge in [-0.05, 0) is 13.8 Å². The summed E-state index contributed by atoms with van der Waals surface area (Å²) in [7, 11) is 0. The maximum Gasteiger partial charge on any atom is 0.100 e. The molecule has 0 aliphatic carbocycles. The predicted octanol–water partition coefficient (Wildman–Crippen LogP) is 1.48. The van der Waals surface area contributed by atoms with Crippen LogP contribution in [0.25, 0.3) is 0 Å². The van der Waals surface area contributed by atoms with Gasteiger partial charge < -0.3 is 4.74 Å². The van der Waals surface area contributed by atoms with Crippen LogP contribution < -0.4 is 0 Å². The summed E-state index contributed by atoms with van der Waals surface area (Å²) >= 11 is 1.88. The molecule has 0 amide bonds. The van der Waals surface area contributed by atoms with Crippen LogP contribution in [0.2, 0.25) is 0 Å². The molecule has 0 radical (unpaired) electrons. The second-order valence-corrected chi connectivity index (χ2v) is 3.18. The molecule has 0 aromatic heterocycles. The first-order valence-corrected chi connectivity index (χ1v) is 3.61. The Balaban J connectivity index is 2.26. The molecule has 0 bridgehead atoms. The van der Waals surface area contributed by atoms with Crippen molar-refractivity contribution in [3.8, 4) is 0 Å². The van der Waals surface area contributed by atoms with E-state index in [1.807, 2.05) is 11.8 Å². The highest BCUT2D eigenvalue weighted by molar-refractivity contribution is 7.99. The summed E-state index contributed by atoms with van der Waals surface area (Å²) in [5.41, 5.74) is 0.440. The Kier molecular flexibility index (Phi) is 1.60. The molecule has 1 unspecified atom stereocenters. The molecule has 0 aromatic rings. The van der Waals surface area contributed by atoms with Crippen molar-refractivity contribution in [3.05, 3.63) is 0 Å². The molecule has 7 heavy (non-hydrogen) atoms. The van der Waals surface area contributed by atoms with Crippen molar-refractivity contribution < 1.29 is 4.74 Å². The van der Waals surface area contributed by atoms with Gasteiger partial charge in [0.1, 0.15) is 5.44 Å². The summed E-state index contributed by atoms with van der Waals surface area (Å²) in [5.74, 6) is 1.17. The lowest BCUT2D eigenvalue weighted by atomic mass is 10.5. The van der Waals surface area contributed by atoms with E-state index in [4.69, 9.17) is 4.74 Å². The predicted molar refractivity (Wildman–Crippen MR) is 32.5 cm³/mol. The van der Waals surface area contributed by atoms with E-state index in [0.29, 0.717) is 11.5 Å². The topological polar surface area (TPSA) is 9.23 Å². The molecule has 1 aliphatic rings. The van der Waals surface area contributed by atoms with Gasteiger partial charge in [0.2, 0.25) is 0 Å². The maximum absolute atomic E-state index is 5.32. The zero-order chi connectivity index (χ0) is 5.28. The summed E-state index contributed by atoms with van der Waals surface area (Å²) < 4.78 is 5.32. The van der Waals surface area contributed by atoms with E-state index in [0.717, 1.165) is 0 Å². The van der Waals surface area contributed by atoms with Crippen LogP contribution >= 0.6 is 11.8 Å². The molecular weight excluding hydrogens is 108 g/mol. The molecule has 0 N–H and O–H groups in total. The highest BCUT2D eigenvalue weighted by atomic mass is 32.2. The first-order valence-electron chi connectivity index (χ1n) is 2.56. The third kappa shape index (κ3) is 1.35. The molecule has 0 saturated carbocycles. The van der Waals surface area contributed by atoms with Crippen LogP contribution in [-0.2, 0) is 4.74 Å². The first-order chi connectivity index (χ1) is 3.29. The summed E-state index contributed by atoms with van der Waals surface area (Å²) in [4.78, 5) is 0. The fraction of sp³-hybridized carbons (Fsp3) is 1.00. The van der Waals surface area contributed by atoms with Crippen LogP contribution in [0, 0.1) is 0 Å². The molecule has 1 rings (SSSR count). The second-order valence-electron chi connectivity index (χ2n) is 1.85. The molecule has 1 fully saturated rings. The van der Waals surface area contributed by atoms with Gasteiger partial charge in [0.15, 0.2) is 0 Å². The maximum atomic E-state index is 5.32. The van der Waals surface area contributed by atoms with Gasteiger partial charge >= 0.3 is 0 Å². The average molecular weight is 118 g/mol. The molecule has 1 saturated heterocycles. The van der Waals surface area contributed by atoms with Gasteiger partial charge in [-0.1, -0.05) is 0 Å². The third-order valence-corrected chi connectivity index (χ3v) is 2.23. The van der Waals surface area contributed by atoms with E-state index in [1.165, 1.54) is 5.75 Å². The summed E-state index contributed by atoms with van der Waals surface area (Å²) in [5, 5.41) is 0.